The smallest absolute Gasteiger partial charge is 0.234 e. The Labute approximate surface area is 80.3 Å². The van der Waals surface area contributed by atoms with Gasteiger partial charge in [0, 0.05) is 6.04 Å². The molecule has 1 amide bonds. The van der Waals surface area contributed by atoms with E-state index in [0.29, 0.717) is 12.6 Å². The van der Waals surface area contributed by atoms with Crippen molar-refractivity contribution >= 4 is 5.91 Å². The topological polar surface area (TPSA) is 41.1 Å². The molecule has 1 rings (SSSR count). The quantitative estimate of drug-likeness (QED) is 0.644. The van der Waals surface area contributed by atoms with Crippen molar-refractivity contribution in [1.29, 1.82) is 0 Å². The van der Waals surface area contributed by atoms with Gasteiger partial charge in [-0.1, -0.05) is 6.92 Å². The predicted molar refractivity (Wildman–Crippen MR) is 53.5 cm³/mol. The third kappa shape index (κ3) is 4.88. The molecule has 0 radical (unpaired) electrons. The van der Waals surface area contributed by atoms with Crippen LogP contribution in [-0.4, -0.2) is 25.0 Å². The fourth-order valence-electron chi connectivity index (χ4n) is 1.14. The summed E-state index contributed by atoms with van der Waals surface area (Å²) < 4.78 is 0. The highest BCUT2D eigenvalue weighted by Crippen LogP contribution is 2.27. The summed E-state index contributed by atoms with van der Waals surface area (Å²) in [7, 11) is 0. The molecule has 0 aromatic rings. The SMILES string of the molecule is CCC(C)NC(=O)CNCC1CC1. The minimum atomic E-state index is 0.120. The highest BCUT2D eigenvalue weighted by atomic mass is 16.1. The molecule has 0 aromatic carbocycles. The van der Waals surface area contributed by atoms with Gasteiger partial charge in [-0.2, -0.15) is 0 Å². The van der Waals surface area contributed by atoms with Gasteiger partial charge >= 0.3 is 0 Å². The van der Waals surface area contributed by atoms with E-state index in [0.717, 1.165) is 18.9 Å². The molecule has 0 bridgehead atoms. The van der Waals surface area contributed by atoms with Gasteiger partial charge in [0.15, 0.2) is 0 Å². The molecule has 0 aromatic heterocycles. The molecule has 13 heavy (non-hydrogen) atoms. The normalized spacial score (nSPS) is 18.3. The number of nitrogens with one attached hydrogen (secondary N) is 2. The monoisotopic (exact) mass is 184 g/mol. The molecule has 1 fully saturated rings. The van der Waals surface area contributed by atoms with Crippen LogP contribution in [0.2, 0.25) is 0 Å². The maximum Gasteiger partial charge on any atom is 0.234 e. The summed E-state index contributed by atoms with van der Waals surface area (Å²) in [4.78, 5) is 11.2. The Morgan fingerprint density at radius 3 is 2.77 bits per heavy atom. The Balaban J connectivity index is 1.96. The van der Waals surface area contributed by atoms with E-state index >= 15 is 0 Å². The minimum Gasteiger partial charge on any atom is -0.353 e. The van der Waals surface area contributed by atoms with Crippen molar-refractivity contribution in [2.24, 2.45) is 5.92 Å². The first-order valence-electron chi connectivity index (χ1n) is 5.22. The van der Waals surface area contributed by atoms with Crippen molar-refractivity contribution < 1.29 is 4.79 Å². The second kappa shape index (κ2) is 5.22. The highest BCUT2D eigenvalue weighted by Gasteiger charge is 2.20. The molecule has 0 spiro atoms. The number of hydrogen-bond donors (Lipinski definition) is 2. The van der Waals surface area contributed by atoms with E-state index < -0.39 is 0 Å². The van der Waals surface area contributed by atoms with Gasteiger partial charge in [-0.05, 0) is 38.6 Å². The van der Waals surface area contributed by atoms with Gasteiger partial charge in [0.1, 0.15) is 0 Å². The molecule has 0 saturated heterocycles. The van der Waals surface area contributed by atoms with Crippen LogP contribution < -0.4 is 10.6 Å². The molecular weight excluding hydrogens is 164 g/mol. The summed E-state index contributed by atoms with van der Waals surface area (Å²) in [5.41, 5.74) is 0. The fourth-order valence-corrected chi connectivity index (χ4v) is 1.14. The Morgan fingerprint density at radius 1 is 1.54 bits per heavy atom. The van der Waals surface area contributed by atoms with Crippen molar-refractivity contribution in [2.45, 2.75) is 39.2 Å². The van der Waals surface area contributed by atoms with E-state index in [1.807, 2.05) is 6.92 Å². The maximum atomic E-state index is 11.2. The van der Waals surface area contributed by atoms with Crippen LogP contribution in [0.15, 0.2) is 0 Å². The van der Waals surface area contributed by atoms with Crippen molar-refractivity contribution in [3.63, 3.8) is 0 Å². The molecular formula is C10H20N2O. The van der Waals surface area contributed by atoms with Crippen LogP contribution in [0.25, 0.3) is 0 Å². The molecule has 1 unspecified atom stereocenters. The lowest BCUT2D eigenvalue weighted by atomic mass is 10.2. The van der Waals surface area contributed by atoms with Crippen LogP contribution in [0.1, 0.15) is 33.1 Å². The van der Waals surface area contributed by atoms with Gasteiger partial charge in [-0.25, -0.2) is 0 Å². The maximum absolute atomic E-state index is 11.2. The Bertz CT molecular complexity index is 166. The summed E-state index contributed by atoms with van der Waals surface area (Å²) in [5.74, 6) is 0.964. The molecule has 1 aliphatic rings. The second-order valence-corrected chi connectivity index (χ2v) is 3.95. The van der Waals surface area contributed by atoms with Gasteiger partial charge in [-0.15, -0.1) is 0 Å². The molecule has 2 N–H and O–H groups in total. The lowest BCUT2D eigenvalue weighted by Crippen LogP contribution is -2.39. The molecule has 0 heterocycles. The zero-order valence-corrected chi connectivity index (χ0v) is 8.60. The van der Waals surface area contributed by atoms with E-state index in [1.54, 1.807) is 0 Å². The Morgan fingerprint density at radius 2 is 2.23 bits per heavy atom. The van der Waals surface area contributed by atoms with Crippen LogP contribution in [0, 0.1) is 5.92 Å². The summed E-state index contributed by atoms with van der Waals surface area (Å²) in [5, 5.41) is 6.09. The van der Waals surface area contributed by atoms with Crippen molar-refractivity contribution in [1.82, 2.24) is 10.6 Å². The van der Waals surface area contributed by atoms with E-state index in [-0.39, 0.29) is 5.91 Å². The molecule has 76 valence electrons. The van der Waals surface area contributed by atoms with Crippen molar-refractivity contribution in [3.05, 3.63) is 0 Å². The molecule has 1 saturated carbocycles. The van der Waals surface area contributed by atoms with Crippen LogP contribution in [0.4, 0.5) is 0 Å². The summed E-state index contributed by atoms with van der Waals surface area (Å²) in [6, 6.07) is 0.301. The number of amides is 1. The van der Waals surface area contributed by atoms with E-state index in [1.165, 1.54) is 12.8 Å². The number of carbonyl (C=O) groups excluding carboxylic acids is 1. The zero-order chi connectivity index (χ0) is 9.68. The third-order valence-corrected chi connectivity index (χ3v) is 2.44. The summed E-state index contributed by atoms with van der Waals surface area (Å²) in [6.07, 6.45) is 3.66. The van der Waals surface area contributed by atoms with Gasteiger partial charge in [-0.3, -0.25) is 4.79 Å². The zero-order valence-electron chi connectivity index (χ0n) is 8.60. The standard InChI is InChI=1S/C10H20N2O/c1-3-8(2)12-10(13)7-11-6-9-4-5-9/h8-9,11H,3-7H2,1-2H3,(H,12,13). The molecule has 3 heteroatoms. The first-order chi connectivity index (χ1) is 6.22. The first-order valence-corrected chi connectivity index (χ1v) is 5.22. The third-order valence-electron chi connectivity index (χ3n) is 2.44. The number of hydrogen-bond acceptors (Lipinski definition) is 2. The average molecular weight is 184 g/mol. The fraction of sp³-hybridized carbons (Fsp3) is 0.900. The lowest BCUT2D eigenvalue weighted by Gasteiger charge is -2.11. The van der Waals surface area contributed by atoms with E-state index in [2.05, 4.69) is 17.6 Å². The predicted octanol–water partition coefficient (Wildman–Crippen LogP) is 0.901. The minimum absolute atomic E-state index is 0.120. The van der Waals surface area contributed by atoms with Crippen LogP contribution >= 0.6 is 0 Å². The lowest BCUT2D eigenvalue weighted by molar-refractivity contribution is -0.120. The van der Waals surface area contributed by atoms with Crippen molar-refractivity contribution in [2.75, 3.05) is 13.1 Å². The van der Waals surface area contributed by atoms with Crippen molar-refractivity contribution in [3.8, 4) is 0 Å². The Hall–Kier alpha value is -0.570. The van der Waals surface area contributed by atoms with E-state index in [4.69, 9.17) is 0 Å². The van der Waals surface area contributed by atoms with Gasteiger partial charge in [0.05, 0.1) is 6.54 Å². The molecule has 3 nitrogen and oxygen atoms in total. The largest absolute Gasteiger partial charge is 0.353 e. The van der Waals surface area contributed by atoms with Gasteiger partial charge in [0.2, 0.25) is 5.91 Å². The second-order valence-electron chi connectivity index (χ2n) is 3.95. The summed E-state index contributed by atoms with van der Waals surface area (Å²) >= 11 is 0. The molecule has 0 aliphatic heterocycles. The first kappa shape index (κ1) is 10.5. The Kier molecular flexibility index (Phi) is 4.22. The van der Waals surface area contributed by atoms with Crippen LogP contribution in [0.5, 0.6) is 0 Å². The number of rotatable bonds is 6. The highest BCUT2D eigenvalue weighted by molar-refractivity contribution is 5.78. The average Bonchev–Trinajstić information content (AvgIpc) is 2.88. The van der Waals surface area contributed by atoms with E-state index in [9.17, 15) is 4.79 Å². The molecule has 1 aliphatic carbocycles. The molecule has 1 atom stereocenters. The number of carbonyl (C=O) groups is 1. The van der Waals surface area contributed by atoms with Crippen LogP contribution in [-0.2, 0) is 4.79 Å². The van der Waals surface area contributed by atoms with Gasteiger partial charge in [0.25, 0.3) is 0 Å². The summed E-state index contributed by atoms with van der Waals surface area (Å²) in [6.45, 7) is 5.58. The van der Waals surface area contributed by atoms with Crippen LogP contribution in [0.3, 0.4) is 0 Å². The van der Waals surface area contributed by atoms with Gasteiger partial charge < -0.3 is 10.6 Å².